The van der Waals surface area contributed by atoms with E-state index in [1.165, 1.54) is 6.92 Å². The highest BCUT2D eigenvalue weighted by molar-refractivity contribution is 6.74. The van der Waals surface area contributed by atoms with Crippen molar-refractivity contribution in [3.63, 3.8) is 0 Å². The summed E-state index contributed by atoms with van der Waals surface area (Å²) >= 11 is 0. The van der Waals surface area contributed by atoms with Gasteiger partial charge in [0.15, 0.2) is 16.6 Å². The van der Waals surface area contributed by atoms with E-state index >= 15 is 0 Å². The lowest BCUT2D eigenvalue weighted by molar-refractivity contribution is -0.271. The minimum atomic E-state index is -2.13. The molecule has 3 aliphatic rings. The highest BCUT2D eigenvalue weighted by Gasteiger charge is 2.53. The molecule has 10 atom stereocenters. The fraction of sp³-hybridized carbons (Fsp3) is 0.889. The van der Waals surface area contributed by atoms with Crippen molar-refractivity contribution in [1.29, 1.82) is 0 Å². The molecular weight excluding hydrogens is 617 g/mol. The van der Waals surface area contributed by atoms with E-state index in [1.807, 2.05) is 0 Å². The monoisotopic (exact) mass is 682 g/mol. The molecule has 0 aliphatic carbocycles. The van der Waals surface area contributed by atoms with E-state index in [1.54, 1.807) is 0 Å². The molecule has 0 aromatic carbocycles. The molecule has 3 aliphatic heterocycles. The summed E-state index contributed by atoms with van der Waals surface area (Å²) in [5.74, 6) is -0.157. The Kier molecular flexibility index (Phi) is 13.2. The van der Waals surface area contributed by atoms with E-state index in [0.29, 0.717) is 32.3 Å². The van der Waals surface area contributed by atoms with Crippen molar-refractivity contribution in [2.24, 2.45) is 11.8 Å². The normalized spacial score (nSPS) is 34.6. The van der Waals surface area contributed by atoms with Crippen LogP contribution >= 0.6 is 0 Å². The molecule has 10 heteroatoms. The summed E-state index contributed by atoms with van der Waals surface area (Å²) in [5, 5.41) is 0.172. The fourth-order valence-electron chi connectivity index (χ4n) is 6.56. The standard InChI is InChI=1S/C36H66O8Si2/c1-23-20-27(16-15-18-37)41-29(24(23)2)21-31-33(40-26(4)38)25(3)34-32(42-31)22-30(44-46(13,14)36(8,9)10)28(43-34)17-19-39-45(11,12)35(5,6)7/h18,23,25,27-34H,2,15-17,19-22H2,1,3-14H3/t23-,25-,27?,28-,29-,30?,31+,32+,33-,34+/m1/s1. The van der Waals surface area contributed by atoms with Crippen LogP contribution in [0.5, 0.6) is 0 Å². The zero-order valence-corrected chi connectivity index (χ0v) is 33.3. The van der Waals surface area contributed by atoms with Gasteiger partial charge in [0.1, 0.15) is 12.4 Å². The third-order valence-corrected chi connectivity index (χ3v) is 20.7. The van der Waals surface area contributed by atoms with Gasteiger partial charge in [-0.15, -0.1) is 0 Å². The van der Waals surface area contributed by atoms with E-state index < -0.39 is 22.7 Å². The molecule has 0 saturated carbocycles. The molecule has 0 N–H and O–H groups in total. The molecule has 0 radical (unpaired) electrons. The van der Waals surface area contributed by atoms with Crippen molar-refractivity contribution in [1.82, 2.24) is 0 Å². The number of aldehydes is 1. The van der Waals surface area contributed by atoms with Gasteiger partial charge in [-0.2, -0.15) is 0 Å². The van der Waals surface area contributed by atoms with E-state index in [-0.39, 0.29) is 70.6 Å². The van der Waals surface area contributed by atoms with Gasteiger partial charge in [-0.1, -0.05) is 62.0 Å². The Morgan fingerprint density at radius 3 is 2.13 bits per heavy atom. The lowest BCUT2D eigenvalue weighted by atomic mass is 9.79. The lowest BCUT2D eigenvalue weighted by Gasteiger charge is -2.53. The van der Waals surface area contributed by atoms with Gasteiger partial charge in [-0.25, -0.2) is 0 Å². The van der Waals surface area contributed by atoms with Crippen molar-refractivity contribution in [2.45, 2.75) is 186 Å². The van der Waals surface area contributed by atoms with E-state index in [0.717, 1.165) is 24.7 Å². The Morgan fingerprint density at radius 2 is 1.57 bits per heavy atom. The van der Waals surface area contributed by atoms with Crippen LogP contribution in [0, 0.1) is 11.8 Å². The topological polar surface area (TPSA) is 89.5 Å². The van der Waals surface area contributed by atoms with Crippen molar-refractivity contribution in [2.75, 3.05) is 6.61 Å². The Bertz CT molecular complexity index is 1050. The summed E-state index contributed by atoms with van der Waals surface area (Å²) in [6.45, 7) is 33.5. The fourth-order valence-corrected chi connectivity index (χ4v) is 8.98. The van der Waals surface area contributed by atoms with E-state index in [9.17, 15) is 9.59 Å². The zero-order valence-electron chi connectivity index (χ0n) is 31.3. The van der Waals surface area contributed by atoms with Crippen LogP contribution in [0.25, 0.3) is 0 Å². The minimum Gasteiger partial charge on any atom is -0.459 e. The van der Waals surface area contributed by atoms with E-state index in [2.05, 4.69) is 88.2 Å². The van der Waals surface area contributed by atoms with Crippen molar-refractivity contribution in [3.8, 4) is 0 Å². The van der Waals surface area contributed by atoms with Crippen LogP contribution in [0.3, 0.4) is 0 Å². The first-order chi connectivity index (χ1) is 21.1. The summed E-state index contributed by atoms with van der Waals surface area (Å²) < 4.78 is 40.0. The number of esters is 1. The average Bonchev–Trinajstić information content (AvgIpc) is 2.91. The Labute approximate surface area is 282 Å². The van der Waals surface area contributed by atoms with Gasteiger partial charge in [0.25, 0.3) is 0 Å². The highest BCUT2D eigenvalue weighted by Crippen LogP contribution is 2.45. The first kappa shape index (κ1) is 39.6. The van der Waals surface area contributed by atoms with Crippen LogP contribution in [-0.2, 0) is 37.4 Å². The molecule has 3 saturated heterocycles. The largest absolute Gasteiger partial charge is 0.459 e. The molecule has 0 spiro atoms. The summed E-state index contributed by atoms with van der Waals surface area (Å²) in [5.41, 5.74) is 1.03. The molecule has 0 amide bonds. The number of rotatable bonds is 12. The Hall–Kier alpha value is -0.886. The molecule has 0 bridgehead atoms. The first-order valence-corrected chi connectivity index (χ1v) is 23.5. The SMILES string of the molecule is C=C1[C@H](C)CC(CCC=O)O[C@@H]1C[C@@H]1O[C@H]2CC(O[Si](C)(C)C(C)(C)C)[C@@H](CCO[Si](C)(C)C(C)(C)C)O[C@H]2[C@H](C)[C@H]1OC(C)=O. The number of ether oxygens (including phenoxy) is 4. The van der Waals surface area contributed by atoms with Crippen LogP contribution in [0.1, 0.15) is 101 Å². The number of hydrogen-bond donors (Lipinski definition) is 0. The summed E-state index contributed by atoms with van der Waals surface area (Å²) in [7, 11) is -4.06. The molecule has 0 aromatic rings. The second kappa shape index (κ2) is 15.3. The number of fused-ring (bicyclic) bond motifs is 1. The van der Waals surface area contributed by atoms with Gasteiger partial charge >= 0.3 is 5.97 Å². The third-order valence-electron chi connectivity index (χ3n) is 11.6. The minimum absolute atomic E-state index is 0.00804. The van der Waals surface area contributed by atoms with E-state index in [4.69, 9.17) is 27.8 Å². The summed E-state index contributed by atoms with van der Waals surface area (Å²) in [4.78, 5) is 23.5. The maximum absolute atomic E-state index is 12.4. The van der Waals surface area contributed by atoms with Gasteiger partial charge in [-0.05, 0) is 67.0 Å². The predicted octanol–water partition coefficient (Wildman–Crippen LogP) is 8.00. The number of carbonyl (C=O) groups excluding carboxylic acids is 2. The van der Waals surface area contributed by atoms with Crippen LogP contribution in [0.2, 0.25) is 36.3 Å². The predicted molar refractivity (Wildman–Crippen MR) is 188 cm³/mol. The molecule has 266 valence electrons. The molecule has 3 rings (SSSR count). The summed E-state index contributed by atoms with van der Waals surface area (Å²) in [6, 6.07) is 0. The van der Waals surface area contributed by atoms with Gasteiger partial charge in [0, 0.05) is 38.7 Å². The molecule has 2 unspecified atom stereocenters. The highest BCUT2D eigenvalue weighted by atomic mass is 28.4. The first-order valence-electron chi connectivity index (χ1n) is 17.7. The molecule has 3 heterocycles. The Morgan fingerprint density at radius 1 is 0.935 bits per heavy atom. The van der Waals surface area contributed by atoms with Gasteiger partial charge in [-0.3, -0.25) is 4.79 Å². The van der Waals surface area contributed by atoms with Crippen LogP contribution in [0.15, 0.2) is 12.2 Å². The lowest BCUT2D eigenvalue weighted by Crippen LogP contribution is -2.63. The van der Waals surface area contributed by atoms with Crippen molar-refractivity contribution < 1.29 is 37.4 Å². The van der Waals surface area contributed by atoms with Crippen LogP contribution in [-0.4, -0.2) is 84.3 Å². The van der Waals surface area contributed by atoms with Crippen molar-refractivity contribution >= 4 is 28.9 Å². The Balaban J connectivity index is 1.86. The van der Waals surface area contributed by atoms with Gasteiger partial charge in [0.05, 0.1) is 42.7 Å². The summed E-state index contributed by atoms with van der Waals surface area (Å²) in [6.07, 6.45) is 3.10. The molecule has 3 fully saturated rings. The quantitative estimate of drug-likeness (QED) is 0.0886. The van der Waals surface area contributed by atoms with Crippen LogP contribution in [0.4, 0.5) is 0 Å². The molecular formula is C36H66O8Si2. The second-order valence-electron chi connectivity index (χ2n) is 17.3. The average molecular weight is 683 g/mol. The zero-order chi connectivity index (χ0) is 34.8. The van der Waals surface area contributed by atoms with Crippen molar-refractivity contribution in [3.05, 3.63) is 12.2 Å². The molecule has 0 aromatic heterocycles. The molecule has 8 nitrogen and oxygen atoms in total. The van der Waals surface area contributed by atoms with Gasteiger partial charge in [0.2, 0.25) is 0 Å². The smallest absolute Gasteiger partial charge is 0.303 e. The van der Waals surface area contributed by atoms with Crippen LogP contribution < -0.4 is 0 Å². The maximum atomic E-state index is 12.4. The number of carbonyl (C=O) groups is 2. The maximum Gasteiger partial charge on any atom is 0.303 e. The molecule has 46 heavy (non-hydrogen) atoms. The number of hydrogen-bond acceptors (Lipinski definition) is 8. The third kappa shape index (κ3) is 9.63. The second-order valence-corrected chi connectivity index (χ2v) is 26.8. The van der Waals surface area contributed by atoms with Gasteiger partial charge < -0.3 is 32.6 Å².